The van der Waals surface area contributed by atoms with Gasteiger partial charge in [0.25, 0.3) is 0 Å². The lowest BCUT2D eigenvalue weighted by molar-refractivity contribution is -0.143. The minimum atomic E-state index is -4.78. The smallest absolute Gasteiger partial charge is 0.294 e. The summed E-state index contributed by atoms with van der Waals surface area (Å²) in [6.45, 7) is 5.86. The first-order valence-electron chi connectivity index (χ1n) is 9.50. The fraction of sp³-hybridized carbons (Fsp3) is 0.409. The van der Waals surface area contributed by atoms with Crippen LogP contribution in [0.2, 0.25) is 0 Å². The molecule has 0 saturated heterocycles. The predicted octanol–water partition coefficient (Wildman–Crippen LogP) is 5.03. The summed E-state index contributed by atoms with van der Waals surface area (Å²) in [6.07, 6.45) is -1.25. The highest BCUT2D eigenvalue weighted by atomic mass is 19.4. The van der Waals surface area contributed by atoms with Crippen LogP contribution < -0.4 is 0 Å². The van der Waals surface area contributed by atoms with Crippen molar-refractivity contribution in [2.45, 2.75) is 39.8 Å². The number of hydrogen-bond acceptors (Lipinski definition) is 3. The molecule has 4 rings (SSSR count). The fourth-order valence-corrected chi connectivity index (χ4v) is 4.88. The van der Waals surface area contributed by atoms with Crippen LogP contribution in [0.1, 0.15) is 49.7 Å². The molecule has 7 heteroatoms. The first-order valence-corrected chi connectivity index (χ1v) is 9.50. The van der Waals surface area contributed by atoms with Gasteiger partial charge in [-0.15, -0.1) is 0 Å². The average molecular weight is 402 g/mol. The SMILES string of the molecule is CC1(C)[C@H]2CC[C@]1(C)C(=O)/C2=C/C(=O)c1cnn(-c2ccccc2)c1C(F)(F)F. The monoisotopic (exact) mass is 402 g/mol. The van der Waals surface area contributed by atoms with Gasteiger partial charge in [0.2, 0.25) is 0 Å². The second kappa shape index (κ2) is 6.15. The Morgan fingerprint density at radius 3 is 2.41 bits per heavy atom. The second-order valence-corrected chi connectivity index (χ2v) is 8.59. The zero-order valence-corrected chi connectivity index (χ0v) is 16.4. The number of para-hydroxylation sites is 1. The topological polar surface area (TPSA) is 52.0 Å². The van der Waals surface area contributed by atoms with Gasteiger partial charge in [-0.1, -0.05) is 39.0 Å². The lowest BCUT2D eigenvalue weighted by atomic mass is 9.70. The van der Waals surface area contributed by atoms with E-state index in [2.05, 4.69) is 5.10 Å². The van der Waals surface area contributed by atoms with E-state index < -0.39 is 28.6 Å². The molecule has 0 spiro atoms. The fourth-order valence-electron chi connectivity index (χ4n) is 4.88. The number of allylic oxidation sites excluding steroid dienone is 2. The normalized spacial score (nSPS) is 27.0. The molecule has 2 aromatic rings. The van der Waals surface area contributed by atoms with Gasteiger partial charge in [-0.2, -0.15) is 18.3 Å². The molecule has 2 aliphatic carbocycles. The maximum absolute atomic E-state index is 13.8. The van der Waals surface area contributed by atoms with Gasteiger partial charge in [0.15, 0.2) is 17.3 Å². The van der Waals surface area contributed by atoms with Crippen LogP contribution in [0.5, 0.6) is 0 Å². The number of Topliss-reactive ketones (excluding diaryl/α,β-unsaturated/α-hetero) is 1. The highest BCUT2D eigenvalue weighted by Gasteiger charge is 2.64. The van der Waals surface area contributed by atoms with Crippen LogP contribution in [0, 0.1) is 16.7 Å². The Labute approximate surface area is 166 Å². The van der Waals surface area contributed by atoms with Crippen molar-refractivity contribution in [1.29, 1.82) is 0 Å². The lowest BCUT2D eigenvalue weighted by Crippen LogP contribution is -2.32. The summed E-state index contributed by atoms with van der Waals surface area (Å²) in [5, 5.41) is 3.82. The first kappa shape index (κ1) is 19.6. The molecule has 2 saturated carbocycles. The molecule has 0 unspecified atom stereocenters. The number of fused-ring (bicyclic) bond motifs is 2. The van der Waals surface area contributed by atoms with Gasteiger partial charge in [-0.3, -0.25) is 9.59 Å². The van der Waals surface area contributed by atoms with Crippen molar-refractivity contribution in [3.05, 3.63) is 59.4 Å². The third-order valence-electron chi connectivity index (χ3n) is 6.96. The quantitative estimate of drug-likeness (QED) is 0.535. The summed E-state index contributed by atoms with van der Waals surface area (Å²) in [6, 6.07) is 7.84. The Hall–Kier alpha value is -2.70. The van der Waals surface area contributed by atoms with Crippen LogP contribution in [0.25, 0.3) is 5.69 Å². The van der Waals surface area contributed by atoms with Crippen molar-refractivity contribution in [3.8, 4) is 5.69 Å². The Kier molecular flexibility index (Phi) is 4.16. The van der Waals surface area contributed by atoms with Crippen LogP contribution in [-0.2, 0) is 11.0 Å². The van der Waals surface area contributed by atoms with Crippen LogP contribution in [-0.4, -0.2) is 21.3 Å². The van der Waals surface area contributed by atoms with Gasteiger partial charge in [-0.25, -0.2) is 4.68 Å². The minimum Gasteiger partial charge on any atom is -0.294 e. The molecule has 1 aromatic carbocycles. The molecule has 0 N–H and O–H groups in total. The minimum absolute atomic E-state index is 0.123. The van der Waals surface area contributed by atoms with Crippen molar-refractivity contribution in [1.82, 2.24) is 9.78 Å². The van der Waals surface area contributed by atoms with Gasteiger partial charge in [-0.05, 0) is 42.4 Å². The van der Waals surface area contributed by atoms with E-state index in [1.807, 2.05) is 20.8 Å². The van der Waals surface area contributed by atoms with Crippen LogP contribution >= 0.6 is 0 Å². The highest BCUT2D eigenvalue weighted by Crippen LogP contribution is 2.65. The lowest BCUT2D eigenvalue weighted by Gasteiger charge is -2.31. The van der Waals surface area contributed by atoms with E-state index in [9.17, 15) is 22.8 Å². The molecular formula is C22H21F3N2O2. The summed E-state index contributed by atoms with van der Waals surface area (Å²) < 4.78 is 42.2. The zero-order valence-electron chi connectivity index (χ0n) is 16.4. The largest absolute Gasteiger partial charge is 0.434 e. The molecule has 2 aliphatic rings. The van der Waals surface area contributed by atoms with E-state index in [-0.39, 0.29) is 22.8 Å². The van der Waals surface area contributed by atoms with Gasteiger partial charge < -0.3 is 0 Å². The predicted molar refractivity (Wildman–Crippen MR) is 101 cm³/mol. The standard InChI is InChI=1S/C22H21F3N2O2/c1-20(2)16-9-10-21(20,3)19(29)14(16)11-17(28)15-12-26-27(18(15)22(23,24)25)13-7-5-4-6-8-13/h4-8,11-12,16H,9-10H2,1-3H3/b14-11+/t16-,21+/m0/s1. The number of benzene rings is 1. The summed E-state index contributed by atoms with van der Waals surface area (Å²) >= 11 is 0. The van der Waals surface area contributed by atoms with E-state index in [4.69, 9.17) is 0 Å². The second-order valence-electron chi connectivity index (χ2n) is 8.59. The number of carbonyl (C=O) groups excluding carboxylic acids is 2. The van der Waals surface area contributed by atoms with Gasteiger partial charge in [0.05, 0.1) is 17.4 Å². The van der Waals surface area contributed by atoms with Crippen molar-refractivity contribution in [3.63, 3.8) is 0 Å². The number of ketones is 2. The highest BCUT2D eigenvalue weighted by molar-refractivity contribution is 6.13. The summed E-state index contributed by atoms with van der Waals surface area (Å²) in [4.78, 5) is 25.8. The number of aromatic nitrogens is 2. The summed E-state index contributed by atoms with van der Waals surface area (Å²) in [7, 11) is 0. The Balaban J connectivity index is 1.79. The van der Waals surface area contributed by atoms with Crippen molar-refractivity contribution in [2.75, 3.05) is 0 Å². The number of nitrogens with zero attached hydrogens (tertiary/aromatic N) is 2. The Bertz CT molecular complexity index is 1030. The van der Waals surface area contributed by atoms with Crippen molar-refractivity contribution < 1.29 is 22.8 Å². The average Bonchev–Trinajstić information content (AvgIpc) is 3.24. The molecule has 1 heterocycles. The molecule has 29 heavy (non-hydrogen) atoms. The maximum Gasteiger partial charge on any atom is 0.434 e. The molecule has 0 amide bonds. The van der Waals surface area contributed by atoms with Crippen molar-refractivity contribution in [2.24, 2.45) is 16.7 Å². The van der Waals surface area contributed by atoms with Gasteiger partial charge in [0, 0.05) is 11.0 Å². The summed E-state index contributed by atoms with van der Waals surface area (Å²) in [5.41, 5.74) is -2.04. The number of rotatable bonds is 3. The molecule has 2 bridgehead atoms. The van der Waals surface area contributed by atoms with E-state index in [1.165, 1.54) is 12.1 Å². The molecule has 152 valence electrons. The summed E-state index contributed by atoms with van der Waals surface area (Å²) in [5.74, 6) is -1.09. The molecule has 2 fully saturated rings. The first-order chi connectivity index (χ1) is 13.5. The van der Waals surface area contributed by atoms with E-state index in [1.54, 1.807) is 18.2 Å². The van der Waals surface area contributed by atoms with Gasteiger partial charge in [0.1, 0.15) is 0 Å². The number of hydrogen-bond donors (Lipinski definition) is 0. The van der Waals surface area contributed by atoms with Crippen LogP contribution in [0.3, 0.4) is 0 Å². The molecule has 0 aliphatic heterocycles. The molecule has 2 atom stereocenters. The molecule has 0 radical (unpaired) electrons. The van der Waals surface area contributed by atoms with Gasteiger partial charge >= 0.3 is 6.18 Å². The third-order valence-corrected chi connectivity index (χ3v) is 6.96. The Morgan fingerprint density at radius 2 is 1.86 bits per heavy atom. The molecular weight excluding hydrogens is 381 g/mol. The van der Waals surface area contributed by atoms with E-state index >= 15 is 0 Å². The van der Waals surface area contributed by atoms with E-state index in [0.29, 0.717) is 5.57 Å². The number of halogens is 3. The zero-order chi connectivity index (χ0) is 21.2. The van der Waals surface area contributed by atoms with Crippen molar-refractivity contribution >= 4 is 11.6 Å². The molecule has 1 aromatic heterocycles. The maximum atomic E-state index is 13.8. The Morgan fingerprint density at radius 1 is 1.21 bits per heavy atom. The molecule has 4 nitrogen and oxygen atoms in total. The third kappa shape index (κ3) is 2.70. The van der Waals surface area contributed by atoms with E-state index in [0.717, 1.165) is 29.8 Å². The number of carbonyl (C=O) groups is 2. The van der Waals surface area contributed by atoms with Crippen LogP contribution in [0.4, 0.5) is 13.2 Å². The van der Waals surface area contributed by atoms with Crippen LogP contribution in [0.15, 0.2) is 48.2 Å². The number of alkyl halides is 3.